The molecule has 1 aliphatic rings. The van der Waals surface area contributed by atoms with Crippen molar-refractivity contribution in [3.05, 3.63) is 123 Å². The SMILES string of the molecule is O=S(=O)([O-])c1cc2c([O-])c(c1)Cc1cc(S(=O)(=O)[O-])cc(c1O)Cc1cc(-c3ccccc3)cc(c1O)Cc1cc(S(=O)(=O)[O-])cc(c1O)C2. The lowest BCUT2D eigenvalue weighted by molar-refractivity contribution is -0.270. The van der Waals surface area contributed by atoms with Crippen molar-refractivity contribution in [3.63, 3.8) is 0 Å². The highest BCUT2D eigenvalue weighted by Crippen LogP contribution is 2.40. The van der Waals surface area contributed by atoms with E-state index in [1.165, 1.54) is 12.1 Å². The minimum atomic E-state index is -5.25. The van der Waals surface area contributed by atoms with Crippen LogP contribution in [0.2, 0.25) is 0 Å². The van der Waals surface area contributed by atoms with Crippen LogP contribution in [0.4, 0.5) is 0 Å². The number of phenols is 3. The second-order valence-electron chi connectivity index (χ2n) is 11.8. The third kappa shape index (κ3) is 6.89. The number of phenolic OH excluding ortho intramolecular Hbond substituents is 3. The predicted octanol–water partition coefficient (Wildman–Crippen LogP) is 2.93. The second kappa shape index (κ2) is 12.4. The quantitative estimate of drug-likeness (QED) is 0.220. The monoisotopic (exact) mass is 736 g/mol. The van der Waals surface area contributed by atoms with Crippen LogP contribution in [-0.2, 0) is 56.0 Å². The van der Waals surface area contributed by atoms with E-state index >= 15 is 0 Å². The molecule has 50 heavy (non-hydrogen) atoms. The minimum Gasteiger partial charge on any atom is -0.872 e. The molecule has 0 aromatic heterocycles. The van der Waals surface area contributed by atoms with Crippen LogP contribution in [0.5, 0.6) is 23.0 Å². The molecule has 1 aliphatic carbocycles. The minimum absolute atomic E-state index is 0.0914. The third-order valence-corrected chi connectivity index (χ3v) is 10.9. The zero-order valence-corrected chi connectivity index (χ0v) is 27.9. The highest BCUT2D eigenvalue weighted by atomic mass is 32.2. The van der Waals surface area contributed by atoms with Crippen LogP contribution >= 0.6 is 0 Å². The third-order valence-electron chi connectivity index (χ3n) is 8.46. The summed E-state index contributed by atoms with van der Waals surface area (Å²) in [5.74, 6) is -2.49. The van der Waals surface area contributed by atoms with Gasteiger partial charge in [-0.05, 0) is 104 Å². The lowest BCUT2D eigenvalue weighted by Gasteiger charge is -2.24. The molecule has 3 N–H and O–H groups in total. The Morgan fingerprint density at radius 2 is 0.700 bits per heavy atom. The lowest BCUT2D eigenvalue weighted by Crippen LogP contribution is -2.10. The van der Waals surface area contributed by atoms with Gasteiger partial charge >= 0.3 is 0 Å². The van der Waals surface area contributed by atoms with Crippen LogP contribution in [0.3, 0.4) is 0 Å². The molecule has 260 valence electrons. The molecular weight excluding hydrogens is 713 g/mol. The van der Waals surface area contributed by atoms with Crippen LogP contribution in [0, 0.1) is 0 Å². The zero-order valence-electron chi connectivity index (χ0n) is 25.5. The van der Waals surface area contributed by atoms with E-state index in [0.29, 0.717) is 11.1 Å². The molecule has 13 nitrogen and oxygen atoms in total. The lowest BCUT2D eigenvalue weighted by atomic mass is 9.89. The molecule has 0 fully saturated rings. The van der Waals surface area contributed by atoms with Gasteiger partial charge in [0.15, 0.2) is 0 Å². The maximum absolute atomic E-state index is 13.7. The first-order valence-electron chi connectivity index (χ1n) is 14.6. The van der Waals surface area contributed by atoms with E-state index in [-0.39, 0.29) is 33.4 Å². The first-order chi connectivity index (χ1) is 23.3. The van der Waals surface area contributed by atoms with Crippen molar-refractivity contribution >= 4 is 30.4 Å². The molecule has 5 aromatic carbocycles. The van der Waals surface area contributed by atoms with Gasteiger partial charge in [-0.2, -0.15) is 0 Å². The van der Waals surface area contributed by atoms with Crippen LogP contribution in [0.15, 0.2) is 93.5 Å². The Labute approximate surface area is 286 Å². The fourth-order valence-corrected chi connectivity index (χ4v) is 7.78. The fraction of sp³-hybridized carbons (Fsp3) is 0.118. The second-order valence-corrected chi connectivity index (χ2v) is 16.0. The van der Waals surface area contributed by atoms with Gasteiger partial charge in [0.25, 0.3) is 0 Å². The predicted molar refractivity (Wildman–Crippen MR) is 171 cm³/mol. The van der Waals surface area contributed by atoms with E-state index < -0.39 is 105 Å². The Hall–Kier alpha value is -4.97. The summed E-state index contributed by atoms with van der Waals surface area (Å²) in [4.78, 5) is -2.50. The van der Waals surface area contributed by atoms with Gasteiger partial charge in [-0.15, -0.1) is 5.75 Å². The zero-order chi connectivity index (χ0) is 36.3. The van der Waals surface area contributed by atoms with Gasteiger partial charge in [-0.3, -0.25) is 0 Å². The maximum atomic E-state index is 13.7. The van der Waals surface area contributed by atoms with Crippen molar-refractivity contribution in [2.45, 2.75) is 40.4 Å². The molecule has 0 spiro atoms. The van der Waals surface area contributed by atoms with Crippen LogP contribution in [0.25, 0.3) is 11.1 Å². The van der Waals surface area contributed by atoms with E-state index in [4.69, 9.17) is 0 Å². The van der Waals surface area contributed by atoms with Gasteiger partial charge in [-0.25, -0.2) is 25.3 Å². The summed E-state index contributed by atoms with van der Waals surface area (Å²) in [5.41, 5.74) is -0.512. The Morgan fingerprint density at radius 3 is 1.02 bits per heavy atom. The smallest absolute Gasteiger partial charge is 0.124 e. The van der Waals surface area contributed by atoms with Crippen molar-refractivity contribution in [3.8, 4) is 34.1 Å². The molecule has 6 rings (SSSR count). The summed E-state index contributed by atoms with van der Waals surface area (Å²) >= 11 is 0. The van der Waals surface area contributed by atoms with Crippen LogP contribution < -0.4 is 5.11 Å². The largest absolute Gasteiger partial charge is 0.872 e. The molecule has 0 radical (unpaired) electrons. The number of fused-ring (bicyclic) bond motifs is 8. The summed E-state index contributed by atoms with van der Waals surface area (Å²) in [6.07, 6.45) is -2.19. The first kappa shape index (κ1) is 34.9. The molecule has 8 bridgehead atoms. The van der Waals surface area contributed by atoms with Crippen molar-refractivity contribution in [2.75, 3.05) is 0 Å². The number of hydrogen-bond donors (Lipinski definition) is 3. The van der Waals surface area contributed by atoms with E-state index in [2.05, 4.69) is 0 Å². The van der Waals surface area contributed by atoms with Crippen molar-refractivity contribution in [1.82, 2.24) is 0 Å². The standard InChI is InChI=1S/C34H28O13S3/c35-31-20-6-19(18-4-2-1-3-5-18)7-21(31)9-23-13-29(49(42,43)44)15-25(33(23)37)11-27-17-30(50(45,46)47)16-26(34(27)38)10-24-14-28(48(39,40)41)12-22(8-20)32(24)36/h1-7,12-17,35-38H,8-11H2,(H,39,40,41)(H,42,43,44)(H,45,46,47)/p-4. The molecule has 0 heterocycles. The van der Waals surface area contributed by atoms with Crippen molar-refractivity contribution in [2.24, 2.45) is 0 Å². The number of rotatable bonds is 4. The highest BCUT2D eigenvalue weighted by molar-refractivity contribution is 7.86. The Morgan fingerprint density at radius 1 is 0.420 bits per heavy atom. The summed E-state index contributed by atoms with van der Waals surface area (Å²) in [6.45, 7) is 0. The maximum Gasteiger partial charge on any atom is 0.124 e. The molecule has 0 saturated carbocycles. The van der Waals surface area contributed by atoms with E-state index in [1.54, 1.807) is 30.3 Å². The van der Waals surface area contributed by atoms with Gasteiger partial charge in [0.05, 0.1) is 14.7 Å². The van der Waals surface area contributed by atoms with Gasteiger partial charge < -0.3 is 34.1 Å². The van der Waals surface area contributed by atoms with Crippen LogP contribution in [0.1, 0.15) is 44.5 Å². The first-order valence-corrected chi connectivity index (χ1v) is 18.8. The summed E-state index contributed by atoms with van der Waals surface area (Å²) in [5, 5.41) is 48.0. The number of hydrogen-bond acceptors (Lipinski definition) is 13. The molecule has 16 heteroatoms. The average molecular weight is 737 g/mol. The topological polar surface area (TPSA) is 255 Å². The van der Waals surface area contributed by atoms with E-state index in [9.17, 15) is 59.3 Å². The molecular formula is C34H24O13S3-4. The fourth-order valence-electron chi connectivity index (χ4n) is 6.06. The average Bonchev–Trinajstić information content (AvgIpc) is 3.02. The Balaban J connectivity index is 1.71. The summed E-state index contributed by atoms with van der Waals surface area (Å²) in [7, 11) is -15.6. The van der Waals surface area contributed by atoms with Crippen LogP contribution in [-0.4, -0.2) is 54.2 Å². The van der Waals surface area contributed by atoms with Crippen molar-refractivity contribution in [1.29, 1.82) is 0 Å². The molecule has 0 aliphatic heterocycles. The van der Waals surface area contributed by atoms with E-state index in [1.807, 2.05) is 0 Å². The molecule has 0 unspecified atom stereocenters. The van der Waals surface area contributed by atoms with Gasteiger partial charge in [-0.1, -0.05) is 30.3 Å². The highest BCUT2D eigenvalue weighted by Gasteiger charge is 2.22. The van der Waals surface area contributed by atoms with E-state index in [0.717, 1.165) is 36.4 Å². The summed E-state index contributed by atoms with van der Waals surface area (Å²) in [6, 6.07) is 16.6. The van der Waals surface area contributed by atoms with Crippen molar-refractivity contribution < 1.29 is 59.3 Å². The molecule has 0 atom stereocenters. The molecule has 0 amide bonds. The number of aromatic hydroxyl groups is 3. The van der Waals surface area contributed by atoms with Gasteiger partial charge in [0, 0.05) is 25.7 Å². The Bertz CT molecular complexity index is 2410. The molecule has 0 saturated heterocycles. The molecule has 5 aromatic rings. The summed E-state index contributed by atoms with van der Waals surface area (Å²) < 4.78 is 110. The Kier molecular flexibility index (Phi) is 8.66. The normalized spacial score (nSPS) is 13.6. The van der Waals surface area contributed by atoms with Gasteiger partial charge in [0.2, 0.25) is 0 Å². The van der Waals surface area contributed by atoms with Gasteiger partial charge in [0.1, 0.15) is 47.6 Å². The number of benzene rings is 5.